The molecule has 1 saturated carbocycles. The van der Waals surface area contributed by atoms with Crippen LogP contribution in [0.2, 0.25) is 0 Å². The summed E-state index contributed by atoms with van der Waals surface area (Å²) in [5.74, 6) is 1.89. The second kappa shape index (κ2) is 6.07. The molecule has 21 heavy (non-hydrogen) atoms. The number of rotatable bonds is 6. The van der Waals surface area contributed by atoms with Gasteiger partial charge in [0.1, 0.15) is 5.75 Å². The van der Waals surface area contributed by atoms with E-state index in [1.165, 1.54) is 35.6 Å². The van der Waals surface area contributed by atoms with E-state index in [9.17, 15) is 0 Å². The minimum Gasteiger partial charge on any atom is -0.497 e. The van der Waals surface area contributed by atoms with Gasteiger partial charge < -0.3 is 10.1 Å². The van der Waals surface area contributed by atoms with Crippen LogP contribution in [0.15, 0.2) is 36.4 Å². The first-order valence-electron chi connectivity index (χ1n) is 7.99. The first-order chi connectivity index (χ1) is 10.2. The van der Waals surface area contributed by atoms with Crippen LogP contribution in [-0.4, -0.2) is 13.2 Å². The molecule has 3 rings (SSSR count). The van der Waals surface area contributed by atoms with Crippen LogP contribution in [-0.2, 0) is 0 Å². The van der Waals surface area contributed by atoms with Gasteiger partial charge in [0.25, 0.3) is 0 Å². The molecule has 2 unspecified atom stereocenters. The molecular formula is C19H25NO. The Morgan fingerprint density at radius 2 is 1.81 bits per heavy atom. The average molecular weight is 283 g/mol. The molecule has 112 valence electrons. The maximum atomic E-state index is 5.28. The number of benzene rings is 2. The molecular weight excluding hydrogens is 258 g/mol. The Kier molecular flexibility index (Phi) is 4.16. The highest BCUT2D eigenvalue weighted by Gasteiger charge is 2.24. The highest BCUT2D eigenvalue weighted by molar-refractivity contribution is 5.84. The summed E-state index contributed by atoms with van der Waals surface area (Å²) in [6.45, 7) is 4.56. The Morgan fingerprint density at radius 1 is 1.10 bits per heavy atom. The van der Waals surface area contributed by atoms with Crippen molar-refractivity contribution in [1.82, 2.24) is 5.32 Å². The summed E-state index contributed by atoms with van der Waals surface area (Å²) >= 11 is 0. The molecule has 2 atom stereocenters. The van der Waals surface area contributed by atoms with E-state index >= 15 is 0 Å². The van der Waals surface area contributed by atoms with E-state index in [-0.39, 0.29) is 0 Å². The highest BCUT2D eigenvalue weighted by Crippen LogP contribution is 2.34. The van der Waals surface area contributed by atoms with Gasteiger partial charge in [0.15, 0.2) is 0 Å². The maximum absolute atomic E-state index is 5.28. The third-order valence-electron chi connectivity index (χ3n) is 4.49. The van der Waals surface area contributed by atoms with Gasteiger partial charge in [-0.05, 0) is 60.7 Å². The fourth-order valence-electron chi connectivity index (χ4n) is 3.08. The summed E-state index contributed by atoms with van der Waals surface area (Å²) in [4.78, 5) is 0. The fourth-order valence-corrected chi connectivity index (χ4v) is 3.08. The van der Waals surface area contributed by atoms with Crippen molar-refractivity contribution in [2.45, 2.75) is 45.2 Å². The molecule has 1 N–H and O–H groups in total. The molecule has 0 aliphatic heterocycles. The largest absolute Gasteiger partial charge is 0.497 e. The first-order valence-corrected chi connectivity index (χ1v) is 7.99. The van der Waals surface area contributed by atoms with E-state index in [1.54, 1.807) is 7.11 Å². The molecule has 1 aliphatic carbocycles. The lowest BCUT2D eigenvalue weighted by Gasteiger charge is -2.20. The second-order valence-electron chi connectivity index (χ2n) is 6.44. The smallest absolute Gasteiger partial charge is 0.119 e. The molecule has 2 nitrogen and oxygen atoms in total. The lowest BCUT2D eigenvalue weighted by atomic mass is 10.0. The highest BCUT2D eigenvalue weighted by atomic mass is 16.5. The van der Waals surface area contributed by atoms with Crippen molar-refractivity contribution in [3.8, 4) is 5.75 Å². The van der Waals surface area contributed by atoms with Gasteiger partial charge >= 0.3 is 0 Å². The Bertz CT molecular complexity index is 618. The molecule has 0 radical (unpaired) electrons. The summed E-state index contributed by atoms with van der Waals surface area (Å²) in [6.07, 6.45) is 4.17. The van der Waals surface area contributed by atoms with Crippen molar-refractivity contribution in [3.63, 3.8) is 0 Å². The lowest BCUT2D eigenvalue weighted by molar-refractivity contribution is 0.415. The van der Waals surface area contributed by atoms with Crippen LogP contribution in [0.1, 0.15) is 44.7 Å². The molecule has 1 aliphatic rings. The van der Waals surface area contributed by atoms with Crippen molar-refractivity contribution in [2.24, 2.45) is 5.92 Å². The van der Waals surface area contributed by atoms with Crippen molar-refractivity contribution >= 4 is 10.8 Å². The maximum Gasteiger partial charge on any atom is 0.119 e. The van der Waals surface area contributed by atoms with Crippen LogP contribution >= 0.6 is 0 Å². The number of methoxy groups -OCH3 is 1. The standard InChI is InChI=1S/C19H25NO/c1-13(10-15-4-5-15)20-14(2)16-6-7-18-12-19(21-3)9-8-17(18)11-16/h6-9,11-15,20H,4-5,10H2,1-3H3. The lowest BCUT2D eigenvalue weighted by Crippen LogP contribution is -2.29. The predicted molar refractivity (Wildman–Crippen MR) is 88.9 cm³/mol. The van der Waals surface area contributed by atoms with Crippen molar-refractivity contribution in [3.05, 3.63) is 42.0 Å². The number of hydrogen-bond donors (Lipinski definition) is 1. The van der Waals surface area contributed by atoms with Gasteiger partial charge in [-0.3, -0.25) is 0 Å². The monoisotopic (exact) mass is 283 g/mol. The minimum atomic E-state index is 0.394. The number of fused-ring (bicyclic) bond motifs is 1. The van der Waals surface area contributed by atoms with Gasteiger partial charge in [0, 0.05) is 12.1 Å². The molecule has 2 aromatic rings. The molecule has 0 aromatic heterocycles. The zero-order chi connectivity index (χ0) is 14.8. The summed E-state index contributed by atoms with van der Waals surface area (Å²) in [6, 6.07) is 13.9. The second-order valence-corrected chi connectivity index (χ2v) is 6.44. The molecule has 0 bridgehead atoms. The average Bonchev–Trinajstić information content (AvgIpc) is 3.29. The quantitative estimate of drug-likeness (QED) is 0.830. The zero-order valence-corrected chi connectivity index (χ0v) is 13.2. The number of ether oxygens (including phenoxy) is 1. The van der Waals surface area contributed by atoms with E-state index in [4.69, 9.17) is 4.74 Å². The Hall–Kier alpha value is -1.54. The Labute approximate surface area is 127 Å². The minimum absolute atomic E-state index is 0.394. The molecule has 0 amide bonds. The topological polar surface area (TPSA) is 21.3 Å². The molecule has 1 fully saturated rings. The molecule has 2 heteroatoms. The van der Waals surface area contributed by atoms with Crippen molar-refractivity contribution < 1.29 is 4.74 Å². The summed E-state index contributed by atoms with van der Waals surface area (Å²) < 4.78 is 5.28. The summed E-state index contributed by atoms with van der Waals surface area (Å²) in [7, 11) is 1.71. The van der Waals surface area contributed by atoms with Gasteiger partial charge in [0.05, 0.1) is 7.11 Å². The molecule has 0 saturated heterocycles. The van der Waals surface area contributed by atoms with E-state index < -0.39 is 0 Å². The normalized spacial score (nSPS) is 17.7. The number of nitrogens with one attached hydrogen (secondary N) is 1. The predicted octanol–water partition coefficient (Wildman–Crippen LogP) is 4.69. The molecule has 0 heterocycles. The van der Waals surface area contributed by atoms with Gasteiger partial charge in [-0.2, -0.15) is 0 Å². The van der Waals surface area contributed by atoms with Crippen LogP contribution in [0.4, 0.5) is 0 Å². The summed E-state index contributed by atoms with van der Waals surface area (Å²) in [5.41, 5.74) is 1.36. The summed E-state index contributed by atoms with van der Waals surface area (Å²) in [5, 5.41) is 6.24. The molecule has 0 spiro atoms. The van der Waals surface area contributed by atoms with Gasteiger partial charge in [-0.15, -0.1) is 0 Å². The van der Waals surface area contributed by atoms with Gasteiger partial charge in [-0.1, -0.05) is 31.0 Å². The van der Waals surface area contributed by atoms with Crippen LogP contribution in [0.5, 0.6) is 5.75 Å². The molecule has 2 aromatic carbocycles. The van der Waals surface area contributed by atoms with E-state index in [1.807, 2.05) is 6.07 Å². The first kappa shape index (κ1) is 14.4. The number of hydrogen-bond acceptors (Lipinski definition) is 2. The third-order valence-corrected chi connectivity index (χ3v) is 4.49. The zero-order valence-electron chi connectivity index (χ0n) is 13.2. The van der Waals surface area contributed by atoms with E-state index in [0.29, 0.717) is 12.1 Å². The van der Waals surface area contributed by atoms with E-state index in [0.717, 1.165) is 11.7 Å². The van der Waals surface area contributed by atoms with Crippen LogP contribution in [0.3, 0.4) is 0 Å². The van der Waals surface area contributed by atoms with Gasteiger partial charge in [0.2, 0.25) is 0 Å². The van der Waals surface area contributed by atoms with Crippen molar-refractivity contribution in [1.29, 1.82) is 0 Å². The fraction of sp³-hybridized carbons (Fsp3) is 0.474. The van der Waals surface area contributed by atoms with Crippen molar-refractivity contribution in [2.75, 3.05) is 7.11 Å². The van der Waals surface area contributed by atoms with Crippen LogP contribution in [0, 0.1) is 5.92 Å². The Morgan fingerprint density at radius 3 is 2.52 bits per heavy atom. The van der Waals surface area contributed by atoms with Crippen LogP contribution < -0.4 is 10.1 Å². The van der Waals surface area contributed by atoms with Gasteiger partial charge in [-0.25, -0.2) is 0 Å². The SMILES string of the molecule is COc1ccc2cc(C(C)NC(C)CC3CC3)ccc2c1. The third kappa shape index (κ3) is 3.56. The Balaban J connectivity index is 1.73. The van der Waals surface area contributed by atoms with Crippen LogP contribution in [0.25, 0.3) is 10.8 Å². The van der Waals surface area contributed by atoms with E-state index in [2.05, 4.69) is 49.5 Å².